The minimum atomic E-state index is -0.610. The smallest absolute Gasteiger partial charge is 0.252 e. The number of carbonyl (C=O) groups is 1. The van der Waals surface area contributed by atoms with Crippen molar-refractivity contribution in [1.29, 1.82) is 0 Å². The molecule has 0 fully saturated rings. The fraction of sp³-hybridized carbons (Fsp3) is 0.429. The van der Waals surface area contributed by atoms with Crippen LogP contribution in [0.5, 0.6) is 0 Å². The van der Waals surface area contributed by atoms with Gasteiger partial charge in [-0.3, -0.25) is 4.79 Å². The molecule has 0 aliphatic rings. The lowest BCUT2D eigenvalue weighted by atomic mass is 9.92. The molecule has 1 amide bonds. The number of rotatable bonds is 5. The number of halogens is 1. The maximum Gasteiger partial charge on any atom is 0.252 e. The average Bonchev–Trinajstić information content (AvgIpc) is 2.38. The fourth-order valence-corrected chi connectivity index (χ4v) is 2.66. The number of nitrogens with one attached hydrogen (secondary N) is 1. The second-order valence-electron chi connectivity index (χ2n) is 4.57. The summed E-state index contributed by atoms with van der Waals surface area (Å²) in [6, 6.07) is 5.62. The van der Waals surface area contributed by atoms with Gasteiger partial charge < -0.3 is 11.1 Å². The van der Waals surface area contributed by atoms with Crippen LogP contribution >= 0.6 is 28.1 Å². The zero-order valence-corrected chi connectivity index (χ0v) is 13.8. The predicted octanol–water partition coefficient (Wildman–Crippen LogP) is 3.33. The first-order chi connectivity index (χ1) is 8.86. The summed E-state index contributed by atoms with van der Waals surface area (Å²) in [5.41, 5.74) is 6.74. The third-order valence-corrected chi connectivity index (χ3v) is 4.36. The number of amides is 1. The molecule has 0 radical (unpaired) electrons. The molecule has 0 aromatic heterocycles. The van der Waals surface area contributed by atoms with E-state index in [1.165, 1.54) is 0 Å². The van der Waals surface area contributed by atoms with Gasteiger partial charge in [0.1, 0.15) is 0 Å². The summed E-state index contributed by atoms with van der Waals surface area (Å²) in [7, 11) is 0. The zero-order valence-electron chi connectivity index (χ0n) is 11.4. The molecular weight excluding hydrogens is 324 g/mol. The molecule has 5 heteroatoms. The van der Waals surface area contributed by atoms with Crippen LogP contribution in [-0.2, 0) is 0 Å². The van der Waals surface area contributed by atoms with Gasteiger partial charge in [-0.2, -0.15) is 0 Å². The van der Waals surface area contributed by atoms with Gasteiger partial charge in [-0.05, 0) is 37.5 Å². The van der Waals surface area contributed by atoms with Gasteiger partial charge in [0.2, 0.25) is 0 Å². The first-order valence-electron chi connectivity index (χ1n) is 6.25. The van der Waals surface area contributed by atoms with E-state index in [0.29, 0.717) is 23.4 Å². The molecule has 0 spiro atoms. The van der Waals surface area contributed by atoms with Crippen LogP contribution in [-0.4, -0.2) is 16.4 Å². The maximum absolute atomic E-state index is 12.4. The van der Waals surface area contributed by atoms with Crippen LogP contribution < -0.4 is 11.1 Å². The van der Waals surface area contributed by atoms with E-state index >= 15 is 0 Å². The summed E-state index contributed by atoms with van der Waals surface area (Å²) in [6.45, 7) is 5.84. The van der Waals surface area contributed by atoms with E-state index < -0.39 is 5.54 Å². The van der Waals surface area contributed by atoms with Crippen LogP contribution in [0, 0.1) is 6.92 Å². The number of aryl methyl sites for hydroxylation is 1. The van der Waals surface area contributed by atoms with Crippen LogP contribution in [0.3, 0.4) is 0 Å². The lowest BCUT2D eigenvalue weighted by molar-refractivity contribution is 0.0919. The van der Waals surface area contributed by atoms with Crippen molar-refractivity contribution in [3.8, 4) is 0 Å². The van der Waals surface area contributed by atoms with Crippen molar-refractivity contribution in [2.45, 2.75) is 39.2 Å². The number of hydrogen-bond acceptors (Lipinski definition) is 2. The molecule has 0 aliphatic heterocycles. The van der Waals surface area contributed by atoms with Gasteiger partial charge >= 0.3 is 0 Å². The van der Waals surface area contributed by atoms with E-state index in [1.54, 1.807) is 6.07 Å². The Morgan fingerprint density at radius 2 is 2.00 bits per heavy atom. The van der Waals surface area contributed by atoms with Crippen LogP contribution in [0.2, 0.25) is 0 Å². The lowest BCUT2D eigenvalue weighted by Crippen LogP contribution is -2.56. The number of hydrogen-bond donors (Lipinski definition) is 2. The standard InChI is InChI=1S/C14H19BrN2OS/c1-4-14(5-2,13(16)19)17-12(18)11-8-10(15)7-6-9(11)3/h6-8H,4-5H2,1-3H3,(H2,16,19)(H,17,18). The van der Waals surface area contributed by atoms with Crippen LogP contribution in [0.25, 0.3) is 0 Å². The Bertz CT molecular complexity index is 498. The monoisotopic (exact) mass is 342 g/mol. The summed E-state index contributed by atoms with van der Waals surface area (Å²) in [5.74, 6) is -0.143. The molecule has 0 bridgehead atoms. The van der Waals surface area contributed by atoms with Gasteiger partial charge in [-0.1, -0.05) is 48.1 Å². The van der Waals surface area contributed by atoms with Crippen LogP contribution in [0.4, 0.5) is 0 Å². The van der Waals surface area contributed by atoms with Crippen molar-refractivity contribution in [3.05, 3.63) is 33.8 Å². The molecule has 0 saturated heterocycles. The Morgan fingerprint density at radius 1 is 1.42 bits per heavy atom. The molecule has 0 aliphatic carbocycles. The average molecular weight is 343 g/mol. The second-order valence-corrected chi connectivity index (χ2v) is 5.92. The van der Waals surface area contributed by atoms with Crippen LogP contribution in [0.1, 0.15) is 42.6 Å². The Morgan fingerprint density at radius 3 is 2.47 bits per heavy atom. The van der Waals surface area contributed by atoms with Crippen molar-refractivity contribution in [3.63, 3.8) is 0 Å². The van der Waals surface area contributed by atoms with Crippen molar-refractivity contribution >= 4 is 39.0 Å². The quantitative estimate of drug-likeness (QED) is 0.807. The van der Waals surface area contributed by atoms with E-state index in [0.717, 1.165) is 10.0 Å². The van der Waals surface area contributed by atoms with E-state index in [4.69, 9.17) is 18.0 Å². The van der Waals surface area contributed by atoms with Crippen molar-refractivity contribution < 1.29 is 4.79 Å². The molecule has 0 heterocycles. The number of carbonyl (C=O) groups excluding carboxylic acids is 1. The van der Waals surface area contributed by atoms with Gasteiger partial charge in [-0.15, -0.1) is 0 Å². The van der Waals surface area contributed by atoms with E-state index in [1.807, 2.05) is 32.9 Å². The Labute approximate surface area is 128 Å². The molecule has 3 N–H and O–H groups in total. The highest BCUT2D eigenvalue weighted by atomic mass is 79.9. The number of thiocarbonyl (C=S) groups is 1. The SMILES string of the molecule is CCC(CC)(NC(=O)c1cc(Br)ccc1C)C(N)=S. The topological polar surface area (TPSA) is 55.1 Å². The third-order valence-electron chi connectivity index (χ3n) is 3.48. The summed E-state index contributed by atoms with van der Waals surface area (Å²) < 4.78 is 0.872. The number of nitrogens with two attached hydrogens (primary N) is 1. The molecule has 1 rings (SSSR count). The molecule has 0 saturated carbocycles. The third kappa shape index (κ3) is 3.54. The minimum Gasteiger partial charge on any atom is -0.391 e. The van der Waals surface area contributed by atoms with Crippen molar-refractivity contribution in [1.82, 2.24) is 5.32 Å². The van der Waals surface area contributed by atoms with E-state index in [2.05, 4.69) is 21.2 Å². The number of benzene rings is 1. The van der Waals surface area contributed by atoms with Gasteiger partial charge in [0.25, 0.3) is 5.91 Å². The Hall–Kier alpha value is -0.940. The lowest BCUT2D eigenvalue weighted by Gasteiger charge is -2.32. The van der Waals surface area contributed by atoms with Gasteiger partial charge in [0, 0.05) is 10.0 Å². The highest BCUT2D eigenvalue weighted by Crippen LogP contribution is 2.20. The summed E-state index contributed by atoms with van der Waals surface area (Å²) >= 11 is 8.49. The molecule has 104 valence electrons. The molecule has 19 heavy (non-hydrogen) atoms. The first-order valence-corrected chi connectivity index (χ1v) is 7.45. The predicted molar refractivity (Wildman–Crippen MR) is 86.4 cm³/mol. The minimum absolute atomic E-state index is 0.143. The van der Waals surface area contributed by atoms with Gasteiger partial charge in [0.05, 0.1) is 10.5 Å². The van der Waals surface area contributed by atoms with Gasteiger partial charge in [0.15, 0.2) is 0 Å². The summed E-state index contributed by atoms with van der Waals surface area (Å²) in [6.07, 6.45) is 1.36. The van der Waals surface area contributed by atoms with Crippen molar-refractivity contribution in [2.75, 3.05) is 0 Å². The van der Waals surface area contributed by atoms with E-state index in [-0.39, 0.29) is 5.91 Å². The highest BCUT2D eigenvalue weighted by molar-refractivity contribution is 9.10. The summed E-state index contributed by atoms with van der Waals surface area (Å²) in [4.78, 5) is 12.7. The van der Waals surface area contributed by atoms with Crippen LogP contribution in [0.15, 0.2) is 22.7 Å². The van der Waals surface area contributed by atoms with Crippen molar-refractivity contribution in [2.24, 2.45) is 5.73 Å². The Balaban J connectivity index is 3.07. The molecule has 0 atom stereocenters. The second kappa shape index (κ2) is 6.48. The van der Waals surface area contributed by atoms with E-state index in [9.17, 15) is 4.79 Å². The first kappa shape index (κ1) is 16.1. The fourth-order valence-electron chi connectivity index (χ4n) is 1.96. The van der Waals surface area contributed by atoms with Gasteiger partial charge in [-0.25, -0.2) is 0 Å². The molecule has 0 unspecified atom stereocenters. The Kier molecular flexibility index (Phi) is 5.50. The summed E-state index contributed by atoms with van der Waals surface area (Å²) in [5, 5.41) is 2.99. The zero-order chi connectivity index (χ0) is 14.6. The molecular formula is C14H19BrN2OS. The maximum atomic E-state index is 12.4. The normalized spacial score (nSPS) is 11.2. The molecule has 3 nitrogen and oxygen atoms in total. The molecule has 1 aromatic carbocycles. The highest BCUT2D eigenvalue weighted by Gasteiger charge is 2.31. The largest absolute Gasteiger partial charge is 0.391 e. The molecule has 1 aromatic rings.